The summed E-state index contributed by atoms with van der Waals surface area (Å²) >= 11 is 0. The Morgan fingerprint density at radius 2 is 0.895 bits per heavy atom. The van der Waals surface area contributed by atoms with Crippen molar-refractivity contribution in [1.82, 2.24) is 0 Å². The molecule has 5 aromatic rings. The molecule has 0 atom stereocenters. The second-order valence-electron chi connectivity index (χ2n) is 9.34. The third-order valence-electron chi connectivity index (χ3n) is 6.43. The van der Waals surface area contributed by atoms with E-state index in [4.69, 9.17) is 9.98 Å². The van der Waals surface area contributed by atoms with Gasteiger partial charge in [0.15, 0.2) is 0 Å². The van der Waals surface area contributed by atoms with Gasteiger partial charge in [0, 0.05) is 22.8 Å². The van der Waals surface area contributed by atoms with Gasteiger partial charge in [-0.2, -0.15) is 0 Å². The molecule has 0 aliphatic heterocycles. The molecule has 38 heavy (non-hydrogen) atoms. The fraction of sp³-hybridized carbons (Fsp3) is 0.0857. The molecule has 5 aromatic carbocycles. The highest BCUT2D eigenvalue weighted by Crippen LogP contribution is 2.22. The van der Waals surface area contributed by atoms with Gasteiger partial charge in [-0.1, -0.05) is 84.9 Å². The van der Waals surface area contributed by atoms with Gasteiger partial charge < -0.3 is 5.32 Å². The summed E-state index contributed by atoms with van der Waals surface area (Å²) < 4.78 is 0. The number of rotatable bonds is 8. The first kappa shape index (κ1) is 24.9. The fourth-order valence-electron chi connectivity index (χ4n) is 4.30. The molecule has 0 bridgehead atoms. The zero-order valence-corrected chi connectivity index (χ0v) is 21.8. The largest absolute Gasteiger partial charge is 0.356 e. The zero-order chi connectivity index (χ0) is 26.2. The number of hydrogen-bond acceptors (Lipinski definition) is 3. The summed E-state index contributed by atoms with van der Waals surface area (Å²) in [4.78, 5) is 9.65. The van der Waals surface area contributed by atoms with Crippen LogP contribution in [0.4, 0.5) is 22.7 Å². The summed E-state index contributed by atoms with van der Waals surface area (Å²) in [6.45, 7) is 4.10. The van der Waals surface area contributed by atoms with Crippen molar-refractivity contribution in [2.75, 3.05) is 5.32 Å². The van der Waals surface area contributed by atoms with Crippen molar-refractivity contribution < 1.29 is 0 Å². The summed E-state index contributed by atoms with van der Waals surface area (Å²) in [6, 6.07) is 45.8. The Kier molecular flexibility index (Phi) is 7.86. The van der Waals surface area contributed by atoms with Gasteiger partial charge >= 0.3 is 0 Å². The first-order chi connectivity index (χ1) is 18.6. The number of benzene rings is 5. The van der Waals surface area contributed by atoms with E-state index >= 15 is 0 Å². The third-order valence-corrected chi connectivity index (χ3v) is 6.43. The van der Waals surface area contributed by atoms with Gasteiger partial charge in [0.05, 0.1) is 11.4 Å². The Morgan fingerprint density at radius 3 is 1.42 bits per heavy atom. The molecule has 0 heterocycles. The third kappa shape index (κ3) is 6.71. The monoisotopic (exact) mass is 493 g/mol. The molecule has 0 aliphatic carbocycles. The van der Waals surface area contributed by atoms with Crippen LogP contribution >= 0.6 is 0 Å². The highest BCUT2D eigenvalue weighted by Gasteiger charge is 2.03. The van der Waals surface area contributed by atoms with E-state index in [0.717, 1.165) is 51.7 Å². The number of hydrogen-bond donors (Lipinski definition) is 1. The van der Waals surface area contributed by atoms with Crippen LogP contribution in [-0.4, -0.2) is 11.4 Å². The molecule has 3 heteroatoms. The smallest absolute Gasteiger partial charge is 0.0634 e. The van der Waals surface area contributed by atoms with Gasteiger partial charge in [-0.15, -0.1) is 0 Å². The molecule has 1 N–H and O–H groups in total. The van der Waals surface area contributed by atoms with Gasteiger partial charge in [0.2, 0.25) is 0 Å². The predicted molar refractivity (Wildman–Crippen MR) is 162 cm³/mol. The second-order valence-corrected chi connectivity index (χ2v) is 9.34. The summed E-state index contributed by atoms with van der Waals surface area (Å²) in [5.41, 5.74) is 10.8. The van der Waals surface area contributed by atoms with Crippen LogP contribution in [0.3, 0.4) is 0 Å². The Hall–Kier alpha value is -4.76. The van der Waals surface area contributed by atoms with Crippen LogP contribution in [0.5, 0.6) is 0 Å². The number of nitrogens with one attached hydrogen (secondary N) is 1. The topological polar surface area (TPSA) is 36.8 Å². The molecule has 0 aromatic heterocycles. The lowest BCUT2D eigenvalue weighted by molar-refractivity contribution is 1.19. The van der Waals surface area contributed by atoms with Crippen molar-refractivity contribution in [3.8, 4) is 0 Å². The van der Waals surface area contributed by atoms with E-state index in [2.05, 4.69) is 109 Å². The van der Waals surface area contributed by atoms with E-state index in [1.165, 1.54) is 11.1 Å². The zero-order valence-electron chi connectivity index (χ0n) is 21.8. The Balaban J connectivity index is 1.22. The van der Waals surface area contributed by atoms with E-state index in [9.17, 15) is 0 Å². The minimum Gasteiger partial charge on any atom is -0.356 e. The molecule has 0 radical (unpaired) electrons. The molecule has 0 unspecified atom stereocenters. The van der Waals surface area contributed by atoms with E-state index in [1.54, 1.807) is 0 Å². The van der Waals surface area contributed by atoms with Crippen molar-refractivity contribution in [3.63, 3.8) is 0 Å². The van der Waals surface area contributed by atoms with Gasteiger partial charge in [-0.3, -0.25) is 9.98 Å². The molecule has 0 spiro atoms. The Bertz CT molecular complexity index is 1400. The van der Waals surface area contributed by atoms with Crippen molar-refractivity contribution in [3.05, 3.63) is 156 Å². The SMILES string of the molecule is CC(=Nc1ccc(Cc2ccccc2)cc1)c1ccc(C(C)=Nc2ccc(Nc3ccccc3)cc2)cc1. The molecule has 186 valence electrons. The standard InChI is InChI=1S/C35H31N3/c1-26(36-33-19-13-29(14-20-33)25-28-9-5-3-6-10-28)30-15-17-31(18-16-30)27(2)37-34-21-23-35(24-22-34)38-32-11-7-4-8-12-32/h3-24,38H,25H2,1-2H3. The molecule has 3 nitrogen and oxygen atoms in total. The molecule has 0 saturated carbocycles. The Labute approximate surface area is 225 Å². The number of anilines is 2. The first-order valence-corrected chi connectivity index (χ1v) is 12.9. The summed E-state index contributed by atoms with van der Waals surface area (Å²) in [6.07, 6.45) is 0.931. The molecule has 0 saturated heterocycles. The quantitative estimate of drug-likeness (QED) is 0.215. The lowest BCUT2D eigenvalue weighted by Crippen LogP contribution is -1.98. The lowest BCUT2D eigenvalue weighted by Gasteiger charge is -2.07. The minimum atomic E-state index is 0.929. The van der Waals surface area contributed by atoms with Gasteiger partial charge in [0.25, 0.3) is 0 Å². The van der Waals surface area contributed by atoms with Crippen LogP contribution in [0.25, 0.3) is 0 Å². The van der Waals surface area contributed by atoms with Crippen LogP contribution in [0.1, 0.15) is 36.1 Å². The van der Waals surface area contributed by atoms with Crippen LogP contribution in [0.2, 0.25) is 0 Å². The molecule has 0 amide bonds. The van der Waals surface area contributed by atoms with E-state index < -0.39 is 0 Å². The normalized spacial score (nSPS) is 11.8. The van der Waals surface area contributed by atoms with Crippen molar-refractivity contribution in [1.29, 1.82) is 0 Å². The van der Waals surface area contributed by atoms with Crippen LogP contribution < -0.4 is 5.32 Å². The lowest BCUT2D eigenvalue weighted by atomic mass is 10.0. The number of para-hydroxylation sites is 1. The highest BCUT2D eigenvalue weighted by molar-refractivity contribution is 6.03. The average molecular weight is 494 g/mol. The minimum absolute atomic E-state index is 0.929. The van der Waals surface area contributed by atoms with E-state index in [0.29, 0.717) is 0 Å². The van der Waals surface area contributed by atoms with Gasteiger partial charge in [0.1, 0.15) is 0 Å². The average Bonchev–Trinajstić information content (AvgIpc) is 2.96. The Morgan fingerprint density at radius 1 is 0.474 bits per heavy atom. The molecule has 5 rings (SSSR count). The second kappa shape index (κ2) is 12.0. The molecular formula is C35H31N3. The maximum Gasteiger partial charge on any atom is 0.0634 e. The molecule has 0 aliphatic rings. The van der Waals surface area contributed by atoms with Crippen molar-refractivity contribution in [2.45, 2.75) is 20.3 Å². The van der Waals surface area contributed by atoms with Crippen molar-refractivity contribution in [2.24, 2.45) is 9.98 Å². The molecule has 0 fully saturated rings. The van der Waals surface area contributed by atoms with Crippen LogP contribution in [0.15, 0.2) is 143 Å². The van der Waals surface area contributed by atoms with Gasteiger partial charge in [-0.05, 0) is 91.1 Å². The van der Waals surface area contributed by atoms with E-state index in [-0.39, 0.29) is 0 Å². The van der Waals surface area contributed by atoms with E-state index in [1.807, 2.05) is 43.3 Å². The summed E-state index contributed by atoms with van der Waals surface area (Å²) in [5, 5.41) is 3.40. The van der Waals surface area contributed by atoms with Crippen LogP contribution in [0, 0.1) is 0 Å². The maximum atomic E-state index is 4.84. The summed E-state index contributed by atoms with van der Waals surface area (Å²) in [7, 11) is 0. The predicted octanol–water partition coefficient (Wildman–Crippen LogP) is 9.30. The van der Waals surface area contributed by atoms with Gasteiger partial charge in [-0.25, -0.2) is 0 Å². The highest BCUT2D eigenvalue weighted by atomic mass is 14.9. The van der Waals surface area contributed by atoms with Crippen LogP contribution in [-0.2, 0) is 6.42 Å². The summed E-state index contributed by atoms with van der Waals surface area (Å²) in [5.74, 6) is 0. The van der Waals surface area contributed by atoms with Crippen molar-refractivity contribution >= 4 is 34.2 Å². The number of aliphatic imine (C=N–C) groups is 2. The number of nitrogens with zero attached hydrogens (tertiary/aromatic N) is 2. The molecular weight excluding hydrogens is 462 g/mol. The fourth-order valence-corrected chi connectivity index (χ4v) is 4.30. The maximum absolute atomic E-state index is 4.84. The first-order valence-electron chi connectivity index (χ1n) is 12.9.